The highest BCUT2D eigenvalue weighted by Crippen LogP contribution is 2.27. The molecule has 0 amide bonds. The van der Waals surface area contributed by atoms with Gasteiger partial charge in [0.1, 0.15) is 0 Å². The molecule has 0 saturated carbocycles. The molecule has 0 spiro atoms. The smallest absolute Gasteiger partial charge is 0.218 e. The lowest BCUT2D eigenvalue weighted by atomic mass is 9.96. The highest BCUT2D eigenvalue weighted by molar-refractivity contribution is 7.88. The van der Waals surface area contributed by atoms with Crippen molar-refractivity contribution in [3.63, 3.8) is 0 Å². The Bertz CT molecular complexity index is 540. The summed E-state index contributed by atoms with van der Waals surface area (Å²) in [5.41, 5.74) is 7.05. The minimum absolute atomic E-state index is 0.0445. The molecule has 1 unspecified atom stereocenters. The molecule has 1 heterocycles. The normalized spacial score (nSPS) is 21.1. The Morgan fingerprint density at radius 1 is 1.42 bits per heavy atom. The fourth-order valence-corrected chi connectivity index (χ4v) is 4.12. The third-order valence-electron chi connectivity index (χ3n) is 3.82. The molecule has 1 saturated heterocycles. The van der Waals surface area contributed by atoms with E-state index in [1.807, 2.05) is 6.07 Å². The summed E-state index contributed by atoms with van der Waals surface area (Å²) in [6.07, 6.45) is 0.966. The number of hydrogen-bond donors (Lipinski definition) is 1. The quantitative estimate of drug-likeness (QED) is 0.860. The molecule has 2 rings (SSSR count). The Balaban J connectivity index is 2.07. The Kier molecular flexibility index (Phi) is 4.16. The second-order valence-corrected chi connectivity index (χ2v) is 7.62. The van der Waals surface area contributed by atoms with Crippen molar-refractivity contribution in [2.45, 2.75) is 26.0 Å². The molecule has 0 aromatic heterocycles. The molecule has 1 fully saturated rings. The predicted octanol–water partition coefficient (Wildman–Crippen LogP) is 2.08. The number of nitrogen functional groups attached to an aromatic ring is 1. The molecule has 2 N–H and O–H groups in total. The van der Waals surface area contributed by atoms with Crippen LogP contribution in [-0.2, 0) is 15.8 Å². The van der Waals surface area contributed by atoms with Crippen LogP contribution in [0.1, 0.15) is 25.8 Å². The maximum absolute atomic E-state index is 12.4. The van der Waals surface area contributed by atoms with Gasteiger partial charge in [0.2, 0.25) is 10.0 Å². The maximum atomic E-state index is 12.4. The van der Waals surface area contributed by atoms with Crippen LogP contribution in [0.5, 0.6) is 0 Å². The van der Waals surface area contributed by atoms with Crippen molar-refractivity contribution in [1.82, 2.24) is 4.31 Å². The fourth-order valence-electron chi connectivity index (χ4n) is 2.54. The van der Waals surface area contributed by atoms with E-state index >= 15 is 0 Å². The zero-order chi connectivity index (χ0) is 14.0. The first-order valence-corrected chi connectivity index (χ1v) is 8.31. The molecule has 1 atom stereocenters. The summed E-state index contributed by atoms with van der Waals surface area (Å²) in [7, 11) is -3.22. The zero-order valence-electron chi connectivity index (χ0n) is 11.5. The van der Waals surface area contributed by atoms with E-state index in [1.165, 1.54) is 0 Å². The molecule has 0 radical (unpaired) electrons. The highest BCUT2D eigenvalue weighted by Gasteiger charge is 2.32. The lowest BCUT2D eigenvalue weighted by Gasteiger charge is -2.18. The summed E-state index contributed by atoms with van der Waals surface area (Å²) >= 11 is 0. The molecule has 1 aliphatic heterocycles. The molecule has 19 heavy (non-hydrogen) atoms. The summed E-state index contributed by atoms with van der Waals surface area (Å²) in [6.45, 7) is 5.60. The first-order valence-electron chi connectivity index (χ1n) is 6.71. The molecule has 106 valence electrons. The molecular formula is C14H22N2O2S. The van der Waals surface area contributed by atoms with Gasteiger partial charge in [0, 0.05) is 18.8 Å². The van der Waals surface area contributed by atoms with Crippen LogP contribution in [0.2, 0.25) is 0 Å². The van der Waals surface area contributed by atoms with Crippen molar-refractivity contribution in [2.75, 3.05) is 18.8 Å². The van der Waals surface area contributed by atoms with Gasteiger partial charge in [-0.1, -0.05) is 26.0 Å². The van der Waals surface area contributed by atoms with Crippen LogP contribution in [0.15, 0.2) is 24.3 Å². The van der Waals surface area contributed by atoms with Crippen molar-refractivity contribution < 1.29 is 8.42 Å². The maximum Gasteiger partial charge on any atom is 0.218 e. The van der Waals surface area contributed by atoms with Gasteiger partial charge in [-0.3, -0.25) is 0 Å². The number of rotatable bonds is 4. The van der Waals surface area contributed by atoms with Gasteiger partial charge in [0.05, 0.1) is 5.75 Å². The second kappa shape index (κ2) is 5.51. The predicted molar refractivity (Wildman–Crippen MR) is 78.0 cm³/mol. The summed E-state index contributed by atoms with van der Waals surface area (Å²) in [6, 6.07) is 7.10. The first-order chi connectivity index (χ1) is 8.88. The summed E-state index contributed by atoms with van der Waals surface area (Å²) in [5, 5.41) is 0. The topological polar surface area (TPSA) is 63.4 Å². The van der Waals surface area contributed by atoms with Gasteiger partial charge in [0.15, 0.2) is 0 Å². The number of benzene rings is 1. The Hall–Kier alpha value is -1.07. The lowest BCUT2D eigenvalue weighted by Crippen LogP contribution is -2.30. The molecule has 4 nitrogen and oxygen atoms in total. The van der Waals surface area contributed by atoms with E-state index in [2.05, 4.69) is 13.8 Å². The van der Waals surface area contributed by atoms with Crippen LogP contribution in [0.3, 0.4) is 0 Å². The van der Waals surface area contributed by atoms with Crippen LogP contribution in [0.4, 0.5) is 5.69 Å². The number of anilines is 1. The summed E-state index contributed by atoms with van der Waals surface area (Å²) in [4.78, 5) is 0. The molecule has 1 aromatic carbocycles. The van der Waals surface area contributed by atoms with E-state index in [4.69, 9.17) is 5.73 Å². The zero-order valence-corrected chi connectivity index (χ0v) is 12.4. The molecule has 5 heteroatoms. The van der Waals surface area contributed by atoms with Gasteiger partial charge in [-0.15, -0.1) is 0 Å². The second-order valence-electron chi connectivity index (χ2n) is 5.65. The van der Waals surface area contributed by atoms with Gasteiger partial charge in [-0.2, -0.15) is 0 Å². The Labute approximate surface area is 115 Å². The van der Waals surface area contributed by atoms with Crippen LogP contribution in [0.25, 0.3) is 0 Å². The molecule has 0 aliphatic carbocycles. The van der Waals surface area contributed by atoms with Crippen molar-refractivity contribution >= 4 is 15.7 Å². The van der Waals surface area contributed by atoms with Crippen molar-refractivity contribution in [2.24, 2.45) is 11.8 Å². The third-order valence-corrected chi connectivity index (χ3v) is 5.64. The monoisotopic (exact) mass is 282 g/mol. The lowest BCUT2D eigenvalue weighted by molar-refractivity contribution is 0.388. The van der Waals surface area contributed by atoms with E-state index in [1.54, 1.807) is 22.5 Å². The van der Waals surface area contributed by atoms with Gasteiger partial charge >= 0.3 is 0 Å². The van der Waals surface area contributed by atoms with Crippen LogP contribution in [-0.4, -0.2) is 25.8 Å². The molecule has 1 aromatic rings. The first kappa shape index (κ1) is 14.3. The highest BCUT2D eigenvalue weighted by atomic mass is 32.2. The Morgan fingerprint density at radius 2 is 2.16 bits per heavy atom. The Morgan fingerprint density at radius 3 is 2.74 bits per heavy atom. The summed E-state index contributed by atoms with van der Waals surface area (Å²) < 4.78 is 26.4. The van der Waals surface area contributed by atoms with Crippen LogP contribution >= 0.6 is 0 Å². The average molecular weight is 282 g/mol. The van der Waals surface area contributed by atoms with E-state index < -0.39 is 10.0 Å². The molecule has 0 bridgehead atoms. The standard InChI is InChI=1S/C14H22N2O2S/c1-11(2)13-6-7-16(9-13)19(17,18)10-12-4-3-5-14(15)8-12/h3-5,8,11,13H,6-7,9-10,15H2,1-2H3. The van der Waals surface area contributed by atoms with Crippen molar-refractivity contribution in [1.29, 1.82) is 0 Å². The number of hydrogen-bond acceptors (Lipinski definition) is 3. The van der Waals surface area contributed by atoms with Crippen LogP contribution < -0.4 is 5.73 Å². The van der Waals surface area contributed by atoms with Gasteiger partial charge in [-0.05, 0) is 36.0 Å². The number of nitrogens with zero attached hydrogens (tertiary/aromatic N) is 1. The molecular weight excluding hydrogens is 260 g/mol. The van der Waals surface area contributed by atoms with Gasteiger partial charge in [-0.25, -0.2) is 12.7 Å². The van der Waals surface area contributed by atoms with Gasteiger partial charge < -0.3 is 5.73 Å². The largest absolute Gasteiger partial charge is 0.399 e. The number of sulfonamides is 1. The van der Waals surface area contributed by atoms with Crippen molar-refractivity contribution in [3.05, 3.63) is 29.8 Å². The van der Waals surface area contributed by atoms with Crippen LogP contribution in [0, 0.1) is 11.8 Å². The van der Waals surface area contributed by atoms with Gasteiger partial charge in [0.25, 0.3) is 0 Å². The average Bonchev–Trinajstić information content (AvgIpc) is 2.78. The SMILES string of the molecule is CC(C)C1CCN(S(=O)(=O)Cc2cccc(N)c2)C1. The third kappa shape index (κ3) is 3.48. The minimum Gasteiger partial charge on any atom is -0.399 e. The van der Waals surface area contributed by atoms with E-state index in [0.717, 1.165) is 12.0 Å². The van der Waals surface area contributed by atoms with E-state index in [-0.39, 0.29) is 5.75 Å². The molecule has 1 aliphatic rings. The van der Waals surface area contributed by atoms with Crippen molar-refractivity contribution in [3.8, 4) is 0 Å². The number of nitrogens with two attached hydrogens (primary N) is 1. The van der Waals surface area contributed by atoms with E-state index in [0.29, 0.717) is 30.6 Å². The van der Waals surface area contributed by atoms with E-state index in [9.17, 15) is 8.42 Å². The summed E-state index contributed by atoms with van der Waals surface area (Å²) in [5.74, 6) is 1.06. The minimum atomic E-state index is -3.22. The fraction of sp³-hybridized carbons (Fsp3) is 0.571.